The van der Waals surface area contributed by atoms with Gasteiger partial charge in [0.25, 0.3) is 0 Å². The molecule has 2 heteroatoms. The minimum Gasteiger partial charge on any atom is -0.317 e. The second-order valence-corrected chi connectivity index (χ2v) is 4.94. The van der Waals surface area contributed by atoms with Crippen molar-refractivity contribution in [2.24, 2.45) is 5.41 Å². The summed E-state index contributed by atoms with van der Waals surface area (Å²) in [6, 6.07) is 0. The Morgan fingerprint density at radius 3 is 2.27 bits per heavy atom. The van der Waals surface area contributed by atoms with Crippen molar-refractivity contribution in [3.8, 4) is 0 Å². The molecular weight excluding hydrogens is 184 g/mol. The van der Waals surface area contributed by atoms with E-state index >= 15 is 0 Å². The Hall–Kier alpha value is -0.0800. The maximum atomic E-state index is 3.64. The molecule has 0 aliphatic heterocycles. The Morgan fingerprint density at radius 1 is 1.00 bits per heavy atom. The molecule has 0 radical (unpaired) electrons. The lowest BCUT2D eigenvalue weighted by atomic mass is 9.83. The third-order valence-corrected chi connectivity index (χ3v) is 3.87. The molecule has 0 saturated heterocycles. The van der Waals surface area contributed by atoms with Crippen LogP contribution in [0.5, 0.6) is 0 Å². The zero-order chi connectivity index (χ0) is 11.0. The molecule has 1 rings (SSSR count). The number of rotatable bonds is 8. The Morgan fingerprint density at radius 2 is 1.67 bits per heavy atom. The Bertz CT molecular complexity index is 151. The number of hydrogen-bond acceptors (Lipinski definition) is 2. The minimum atomic E-state index is 0.651. The summed E-state index contributed by atoms with van der Waals surface area (Å²) in [4.78, 5) is 0. The molecule has 0 atom stereocenters. The Kier molecular flexibility index (Phi) is 6.26. The van der Waals surface area contributed by atoms with Gasteiger partial charge >= 0.3 is 0 Å². The molecule has 15 heavy (non-hydrogen) atoms. The van der Waals surface area contributed by atoms with E-state index in [2.05, 4.69) is 24.5 Å². The van der Waals surface area contributed by atoms with Crippen LogP contribution >= 0.6 is 0 Å². The highest BCUT2D eigenvalue weighted by molar-refractivity contribution is 4.85. The van der Waals surface area contributed by atoms with Crippen molar-refractivity contribution in [3.63, 3.8) is 0 Å². The molecule has 0 spiro atoms. The largest absolute Gasteiger partial charge is 0.317 e. The first-order valence-corrected chi connectivity index (χ1v) is 6.74. The van der Waals surface area contributed by atoms with Gasteiger partial charge in [-0.15, -0.1) is 0 Å². The third-order valence-electron chi connectivity index (χ3n) is 3.87. The standard InChI is InChI=1S/C13H28N2/c1-3-13(8-5-6-9-13)12-15-11-7-10-14-4-2/h14-15H,3-12H2,1-2H3. The molecule has 2 N–H and O–H groups in total. The zero-order valence-corrected chi connectivity index (χ0v) is 10.6. The lowest BCUT2D eigenvalue weighted by Crippen LogP contribution is -2.33. The van der Waals surface area contributed by atoms with Crippen LogP contribution in [0.15, 0.2) is 0 Å². The van der Waals surface area contributed by atoms with E-state index < -0.39 is 0 Å². The monoisotopic (exact) mass is 212 g/mol. The smallest absolute Gasteiger partial charge is 0.000771 e. The van der Waals surface area contributed by atoms with Gasteiger partial charge in [-0.2, -0.15) is 0 Å². The predicted octanol–water partition coefficient (Wildman–Crippen LogP) is 2.55. The van der Waals surface area contributed by atoms with Gasteiger partial charge in [-0.1, -0.05) is 26.7 Å². The lowest BCUT2D eigenvalue weighted by molar-refractivity contribution is 0.269. The Labute approximate surface area is 95.2 Å². The summed E-state index contributed by atoms with van der Waals surface area (Å²) in [5, 5.41) is 7.00. The molecule has 0 unspecified atom stereocenters. The fraction of sp³-hybridized carbons (Fsp3) is 1.00. The molecule has 2 nitrogen and oxygen atoms in total. The molecule has 90 valence electrons. The van der Waals surface area contributed by atoms with Gasteiger partial charge in [-0.05, 0) is 50.7 Å². The third kappa shape index (κ3) is 4.52. The first-order valence-electron chi connectivity index (χ1n) is 6.74. The molecule has 0 aromatic rings. The van der Waals surface area contributed by atoms with Crippen LogP contribution < -0.4 is 10.6 Å². The van der Waals surface area contributed by atoms with Crippen LogP contribution in [0, 0.1) is 5.41 Å². The van der Waals surface area contributed by atoms with Crippen molar-refractivity contribution in [2.45, 2.75) is 52.4 Å². The topological polar surface area (TPSA) is 24.1 Å². The Balaban J connectivity index is 2.02. The van der Waals surface area contributed by atoms with E-state index in [9.17, 15) is 0 Å². The SMILES string of the molecule is CCNCCCNCC1(CC)CCCC1. The molecule has 1 fully saturated rings. The van der Waals surface area contributed by atoms with E-state index in [1.165, 1.54) is 51.6 Å². The molecular formula is C13H28N2. The van der Waals surface area contributed by atoms with Gasteiger partial charge in [0.15, 0.2) is 0 Å². The van der Waals surface area contributed by atoms with Gasteiger partial charge in [0.05, 0.1) is 0 Å². The fourth-order valence-corrected chi connectivity index (χ4v) is 2.65. The maximum Gasteiger partial charge on any atom is 0.000771 e. The highest BCUT2D eigenvalue weighted by Gasteiger charge is 2.31. The fourth-order valence-electron chi connectivity index (χ4n) is 2.65. The summed E-state index contributed by atoms with van der Waals surface area (Å²) in [5.41, 5.74) is 0.651. The van der Waals surface area contributed by atoms with Gasteiger partial charge in [0, 0.05) is 6.54 Å². The van der Waals surface area contributed by atoms with Crippen molar-refractivity contribution in [3.05, 3.63) is 0 Å². The minimum absolute atomic E-state index is 0.651. The molecule has 0 aromatic heterocycles. The van der Waals surface area contributed by atoms with Crippen molar-refractivity contribution in [2.75, 3.05) is 26.2 Å². The average molecular weight is 212 g/mol. The summed E-state index contributed by atoms with van der Waals surface area (Å²) in [7, 11) is 0. The zero-order valence-electron chi connectivity index (χ0n) is 10.6. The summed E-state index contributed by atoms with van der Waals surface area (Å²) in [6.45, 7) is 9.19. The van der Waals surface area contributed by atoms with E-state index in [1.54, 1.807) is 0 Å². The average Bonchev–Trinajstić information content (AvgIpc) is 2.73. The number of hydrogen-bond donors (Lipinski definition) is 2. The van der Waals surface area contributed by atoms with E-state index in [1.807, 2.05) is 0 Å². The molecule has 0 bridgehead atoms. The molecule has 1 saturated carbocycles. The van der Waals surface area contributed by atoms with Crippen molar-refractivity contribution < 1.29 is 0 Å². The lowest BCUT2D eigenvalue weighted by Gasteiger charge is -2.27. The normalized spacial score (nSPS) is 19.6. The van der Waals surface area contributed by atoms with Gasteiger partial charge in [-0.25, -0.2) is 0 Å². The van der Waals surface area contributed by atoms with Crippen LogP contribution in [-0.2, 0) is 0 Å². The summed E-state index contributed by atoms with van der Waals surface area (Å²) >= 11 is 0. The van der Waals surface area contributed by atoms with Gasteiger partial charge in [-0.3, -0.25) is 0 Å². The first-order chi connectivity index (χ1) is 7.33. The predicted molar refractivity (Wildman–Crippen MR) is 67.2 cm³/mol. The molecule has 1 aliphatic rings. The highest BCUT2D eigenvalue weighted by Crippen LogP contribution is 2.40. The van der Waals surface area contributed by atoms with Crippen LogP contribution in [0.2, 0.25) is 0 Å². The van der Waals surface area contributed by atoms with E-state index in [4.69, 9.17) is 0 Å². The summed E-state index contributed by atoms with van der Waals surface area (Å²) in [6.07, 6.45) is 8.41. The van der Waals surface area contributed by atoms with Crippen LogP contribution in [-0.4, -0.2) is 26.2 Å². The van der Waals surface area contributed by atoms with E-state index in [-0.39, 0.29) is 0 Å². The highest BCUT2D eigenvalue weighted by atomic mass is 14.9. The summed E-state index contributed by atoms with van der Waals surface area (Å²) in [5.74, 6) is 0. The van der Waals surface area contributed by atoms with Crippen LogP contribution in [0.25, 0.3) is 0 Å². The van der Waals surface area contributed by atoms with Crippen molar-refractivity contribution in [1.82, 2.24) is 10.6 Å². The van der Waals surface area contributed by atoms with Crippen molar-refractivity contribution >= 4 is 0 Å². The summed E-state index contributed by atoms with van der Waals surface area (Å²) < 4.78 is 0. The van der Waals surface area contributed by atoms with E-state index in [0.29, 0.717) is 5.41 Å². The molecule has 0 aromatic carbocycles. The van der Waals surface area contributed by atoms with Crippen LogP contribution in [0.3, 0.4) is 0 Å². The van der Waals surface area contributed by atoms with Gasteiger partial charge < -0.3 is 10.6 Å². The maximum absolute atomic E-state index is 3.64. The second kappa shape index (κ2) is 7.24. The number of nitrogens with one attached hydrogen (secondary N) is 2. The van der Waals surface area contributed by atoms with Crippen LogP contribution in [0.1, 0.15) is 52.4 Å². The van der Waals surface area contributed by atoms with E-state index in [0.717, 1.165) is 13.1 Å². The molecule has 1 aliphatic carbocycles. The molecule has 0 heterocycles. The molecule has 0 amide bonds. The van der Waals surface area contributed by atoms with Crippen LogP contribution in [0.4, 0.5) is 0 Å². The second-order valence-electron chi connectivity index (χ2n) is 4.94. The first kappa shape index (κ1) is 13.0. The van der Waals surface area contributed by atoms with Crippen molar-refractivity contribution in [1.29, 1.82) is 0 Å². The van der Waals surface area contributed by atoms with Gasteiger partial charge in [0.1, 0.15) is 0 Å². The van der Waals surface area contributed by atoms with Gasteiger partial charge in [0.2, 0.25) is 0 Å². The quantitative estimate of drug-likeness (QED) is 0.604.